The van der Waals surface area contributed by atoms with Crippen molar-refractivity contribution in [2.24, 2.45) is 0 Å². The molecule has 6 heteroatoms. The van der Waals surface area contributed by atoms with Crippen LogP contribution < -0.4 is 10.1 Å². The van der Waals surface area contributed by atoms with Crippen molar-refractivity contribution in [3.8, 4) is 5.88 Å². The summed E-state index contributed by atoms with van der Waals surface area (Å²) in [5, 5.41) is 2.88. The number of rotatable bonds is 4. The highest BCUT2D eigenvalue weighted by atomic mass is 16.5. The summed E-state index contributed by atoms with van der Waals surface area (Å²) in [6.07, 6.45) is 1.53. The van der Waals surface area contributed by atoms with E-state index in [2.05, 4.69) is 15.3 Å². The molecule has 0 radical (unpaired) electrons. The second-order valence-corrected chi connectivity index (χ2v) is 3.19. The van der Waals surface area contributed by atoms with Crippen LogP contribution in [0.15, 0.2) is 6.20 Å². The number of hydrogen-bond acceptors (Lipinski definition) is 5. The van der Waals surface area contributed by atoms with E-state index in [1.54, 1.807) is 14.1 Å². The Labute approximate surface area is 94.6 Å². The van der Waals surface area contributed by atoms with Crippen LogP contribution in [0, 0.1) is 0 Å². The number of ether oxygens (including phenoxy) is 1. The lowest BCUT2D eigenvalue weighted by atomic mass is 10.4. The molecule has 1 heterocycles. The summed E-state index contributed by atoms with van der Waals surface area (Å²) in [5.74, 6) is 0.286. The van der Waals surface area contributed by atoms with Gasteiger partial charge in [0.15, 0.2) is 0 Å². The van der Waals surface area contributed by atoms with E-state index in [0.717, 1.165) is 0 Å². The third-order valence-corrected chi connectivity index (χ3v) is 2.23. The number of anilines is 1. The zero-order valence-corrected chi connectivity index (χ0v) is 9.94. The van der Waals surface area contributed by atoms with Crippen molar-refractivity contribution >= 4 is 11.6 Å². The first-order valence-corrected chi connectivity index (χ1v) is 4.98. The number of aromatic nitrogens is 2. The van der Waals surface area contributed by atoms with Crippen LogP contribution >= 0.6 is 0 Å². The standard InChI is InChI=1S/C10H16N4O2/c1-5-14(3)10(15)8-12-6-7(11-2)9(13-8)16-4/h6,11H,5H2,1-4H3. The highest BCUT2D eigenvalue weighted by Crippen LogP contribution is 2.19. The van der Waals surface area contributed by atoms with Gasteiger partial charge in [-0.3, -0.25) is 4.79 Å². The molecule has 0 spiro atoms. The fraction of sp³-hybridized carbons (Fsp3) is 0.500. The minimum absolute atomic E-state index is 0.139. The Balaban J connectivity index is 3.03. The molecule has 16 heavy (non-hydrogen) atoms. The molecule has 1 rings (SSSR count). The maximum atomic E-state index is 11.8. The lowest BCUT2D eigenvalue weighted by Crippen LogP contribution is -2.28. The third kappa shape index (κ3) is 2.39. The molecule has 0 aliphatic heterocycles. The smallest absolute Gasteiger partial charge is 0.291 e. The molecule has 0 unspecified atom stereocenters. The highest BCUT2D eigenvalue weighted by molar-refractivity contribution is 5.90. The summed E-state index contributed by atoms with van der Waals surface area (Å²) in [4.78, 5) is 21.3. The number of methoxy groups -OCH3 is 1. The van der Waals surface area contributed by atoms with E-state index in [0.29, 0.717) is 18.1 Å². The van der Waals surface area contributed by atoms with E-state index in [1.807, 2.05) is 6.92 Å². The largest absolute Gasteiger partial charge is 0.479 e. The van der Waals surface area contributed by atoms with Crippen LogP contribution in [-0.4, -0.2) is 48.5 Å². The molecule has 6 nitrogen and oxygen atoms in total. The maximum Gasteiger partial charge on any atom is 0.291 e. The van der Waals surface area contributed by atoms with Crippen molar-refractivity contribution in [1.29, 1.82) is 0 Å². The van der Waals surface area contributed by atoms with Crippen molar-refractivity contribution in [2.45, 2.75) is 6.92 Å². The SMILES string of the molecule is CCN(C)C(=O)c1ncc(NC)c(OC)n1. The Morgan fingerprint density at radius 3 is 2.81 bits per heavy atom. The summed E-state index contributed by atoms with van der Waals surface area (Å²) in [5.41, 5.74) is 0.651. The van der Waals surface area contributed by atoms with Gasteiger partial charge in [-0.25, -0.2) is 4.98 Å². The Morgan fingerprint density at radius 1 is 1.62 bits per heavy atom. The van der Waals surface area contributed by atoms with Gasteiger partial charge in [0.2, 0.25) is 11.7 Å². The van der Waals surface area contributed by atoms with E-state index in [4.69, 9.17) is 4.74 Å². The molecule has 0 aromatic carbocycles. The summed E-state index contributed by atoms with van der Waals surface area (Å²) < 4.78 is 5.06. The predicted molar refractivity (Wildman–Crippen MR) is 60.8 cm³/mol. The molecule has 0 aliphatic rings. The van der Waals surface area contributed by atoms with Gasteiger partial charge in [-0.15, -0.1) is 0 Å². The Morgan fingerprint density at radius 2 is 2.31 bits per heavy atom. The lowest BCUT2D eigenvalue weighted by Gasteiger charge is -2.14. The minimum atomic E-state index is -0.219. The Kier molecular flexibility index (Phi) is 4.04. The van der Waals surface area contributed by atoms with Crippen LogP contribution in [0.1, 0.15) is 17.5 Å². The lowest BCUT2D eigenvalue weighted by molar-refractivity contribution is 0.0789. The van der Waals surface area contributed by atoms with E-state index in [9.17, 15) is 4.79 Å². The van der Waals surface area contributed by atoms with Crippen LogP contribution in [0.3, 0.4) is 0 Å². The number of carbonyl (C=O) groups is 1. The quantitative estimate of drug-likeness (QED) is 0.812. The first-order valence-electron chi connectivity index (χ1n) is 4.98. The molecule has 0 saturated carbocycles. The first-order chi connectivity index (χ1) is 7.63. The zero-order chi connectivity index (χ0) is 12.1. The molecule has 0 atom stereocenters. The fourth-order valence-corrected chi connectivity index (χ4v) is 1.11. The van der Waals surface area contributed by atoms with Gasteiger partial charge in [-0.2, -0.15) is 4.98 Å². The topological polar surface area (TPSA) is 67.4 Å². The summed E-state index contributed by atoms with van der Waals surface area (Å²) in [6, 6.07) is 0. The van der Waals surface area contributed by atoms with Crippen molar-refractivity contribution in [2.75, 3.05) is 33.1 Å². The molecule has 1 N–H and O–H groups in total. The van der Waals surface area contributed by atoms with Crippen LogP contribution in [0.4, 0.5) is 5.69 Å². The Bertz CT molecular complexity index is 381. The second-order valence-electron chi connectivity index (χ2n) is 3.19. The number of carbonyl (C=O) groups excluding carboxylic acids is 1. The van der Waals surface area contributed by atoms with Crippen LogP contribution in [-0.2, 0) is 0 Å². The molecule has 88 valence electrons. The van der Waals surface area contributed by atoms with Crippen molar-refractivity contribution in [3.05, 3.63) is 12.0 Å². The monoisotopic (exact) mass is 224 g/mol. The van der Waals surface area contributed by atoms with E-state index < -0.39 is 0 Å². The maximum absolute atomic E-state index is 11.8. The molecular formula is C10H16N4O2. The van der Waals surface area contributed by atoms with Gasteiger partial charge < -0.3 is 15.0 Å². The third-order valence-electron chi connectivity index (χ3n) is 2.23. The summed E-state index contributed by atoms with van der Waals surface area (Å²) in [6.45, 7) is 2.50. The first kappa shape index (κ1) is 12.2. The van der Waals surface area contributed by atoms with Crippen molar-refractivity contribution in [1.82, 2.24) is 14.9 Å². The number of hydrogen-bond donors (Lipinski definition) is 1. The predicted octanol–water partition coefficient (Wildman–Crippen LogP) is 0.619. The van der Waals surface area contributed by atoms with Gasteiger partial charge in [-0.05, 0) is 6.92 Å². The normalized spacial score (nSPS) is 9.75. The van der Waals surface area contributed by atoms with Crippen molar-refractivity contribution < 1.29 is 9.53 Å². The van der Waals surface area contributed by atoms with Gasteiger partial charge >= 0.3 is 0 Å². The number of nitrogens with one attached hydrogen (secondary N) is 1. The zero-order valence-electron chi connectivity index (χ0n) is 9.94. The molecule has 1 amide bonds. The van der Waals surface area contributed by atoms with Gasteiger partial charge in [0.1, 0.15) is 5.69 Å². The van der Waals surface area contributed by atoms with Gasteiger partial charge in [0.25, 0.3) is 5.91 Å². The highest BCUT2D eigenvalue weighted by Gasteiger charge is 2.15. The average molecular weight is 224 g/mol. The molecule has 0 aliphatic carbocycles. The molecule has 0 fully saturated rings. The van der Waals surface area contributed by atoms with Gasteiger partial charge in [0, 0.05) is 20.6 Å². The van der Waals surface area contributed by atoms with E-state index >= 15 is 0 Å². The van der Waals surface area contributed by atoms with E-state index in [-0.39, 0.29) is 11.7 Å². The second kappa shape index (κ2) is 5.29. The molecular weight excluding hydrogens is 208 g/mol. The number of amides is 1. The Hall–Kier alpha value is -1.85. The van der Waals surface area contributed by atoms with Gasteiger partial charge in [-0.1, -0.05) is 0 Å². The fourth-order valence-electron chi connectivity index (χ4n) is 1.11. The summed E-state index contributed by atoms with van der Waals surface area (Å²) >= 11 is 0. The summed E-state index contributed by atoms with van der Waals surface area (Å²) in [7, 11) is 4.94. The van der Waals surface area contributed by atoms with E-state index in [1.165, 1.54) is 18.2 Å². The van der Waals surface area contributed by atoms with Crippen LogP contribution in [0.2, 0.25) is 0 Å². The van der Waals surface area contributed by atoms with Gasteiger partial charge in [0.05, 0.1) is 13.3 Å². The molecule has 1 aromatic heterocycles. The molecule has 0 saturated heterocycles. The molecule has 0 bridgehead atoms. The van der Waals surface area contributed by atoms with Crippen LogP contribution in [0.5, 0.6) is 5.88 Å². The minimum Gasteiger partial charge on any atom is -0.479 e. The molecule has 1 aromatic rings. The number of nitrogens with zero attached hydrogens (tertiary/aromatic N) is 3. The van der Waals surface area contributed by atoms with Crippen LogP contribution in [0.25, 0.3) is 0 Å². The van der Waals surface area contributed by atoms with Crippen molar-refractivity contribution in [3.63, 3.8) is 0 Å². The average Bonchev–Trinajstić information content (AvgIpc) is 2.35.